The number of hydrogen-bond donors (Lipinski definition) is 1. The van der Waals surface area contributed by atoms with E-state index < -0.39 is 5.97 Å². The topological polar surface area (TPSA) is 77.3 Å². The molecular weight excluding hydrogens is 234 g/mol. The number of rotatable bonds is 6. The van der Waals surface area contributed by atoms with Crippen molar-refractivity contribution in [3.8, 4) is 5.75 Å². The molecule has 0 aliphatic heterocycles. The number of benzene rings is 1. The zero-order chi connectivity index (χ0) is 11.8. The lowest BCUT2D eigenvalue weighted by Gasteiger charge is -1.99. The monoisotopic (exact) mass is 243 g/mol. The van der Waals surface area contributed by atoms with E-state index in [1.165, 1.54) is 24.3 Å². The number of carboxylic acid groups (broad SMARTS) is 1. The molecule has 0 fully saturated rings. The summed E-state index contributed by atoms with van der Waals surface area (Å²) < 4.78 is 9.37. The number of carbonyl (C=O) groups is 1. The highest BCUT2D eigenvalue weighted by molar-refractivity contribution is 7.93. The molecule has 0 aromatic heterocycles. The highest BCUT2D eigenvalue weighted by Gasteiger charge is 2.01. The summed E-state index contributed by atoms with van der Waals surface area (Å²) in [5, 5.41) is 12.0. The Balaban J connectivity index is 2.43. The smallest absolute Gasteiger partial charge is 0.335 e. The zero-order valence-electron chi connectivity index (χ0n) is 8.32. The molecule has 1 rings (SSSR count). The molecule has 1 aromatic carbocycles. The first-order valence-electron chi connectivity index (χ1n) is 4.12. The molecule has 1 aromatic rings. The van der Waals surface area contributed by atoms with Crippen molar-refractivity contribution in [1.29, 1.82) is 0 Å². The van der Waals surface area contributed by atoms with Gasteiger partial charge in [0.2, 0.25) is 6.40 Å². The summed E-state index contributed by atoms with van der Waals surface area (Å²) in [5.74, 6) is -0.543. The van der Waals surface area contributed by atoms with Crippen molar-refractivity contribution in [1.82, 2.24) is 0 Å². The van der Waals surface area contributed by atoms with Crippen LogP contribution < -0.4 is 4.74 Å². The van der Waals surface area contributed by atoms with Crippen LogP contribution in [-0.2, 0) is 9.32 Å². The lowest BCUT2D eigenvalue weighted by molar-refractivity contribution is -0.190. The fraction of sp³-hybridized carbons (Fsp3) is 0.111. The normalized spacial score (nSPS) is 10.3. The first-order valence-corrected chi connectivity index (χ1v) is 5.27. The molecule has 0 saturated heterocycles. The second-order valence-electron chi connectivity index (χ2n) is 2.47. The predicted octanol–water partition coefficient (Wildman–Crippen LogP) is 1.93. The number of oxime groups is 1. The van der Waals surface area contributed by atoms with Crippen LogP contribution in [0.15, 0.2) is 29.4 Å². The number of carboxylic acids is 1. The van der Waals surface area contributed by atoms with Gasteiger partial charge in [0.1, 0.15) is 5.75 Å². The molecule has 0 saturated carbocycles. The van der Waals surface area contributed by atoms with Gasteiger partial charge in [-0.25, -0.2) is 9.78 Å². The molecule has 7 heteroatoms. The Morgan fingerprint density at radius 2 is 2.12 bits per heavy atom. The first kappa shape index (κ1) is 12.3. The molecule has 0 amide bonds. The Morgan fingerprint density at radius 3 is 2.69 bits per heavy atom. The maximum Gasteiger partial charge on any atom is 0.335 e. The summed E-state index contributed by atoms with van der Waals surface area (Å²) in [6, 6.07) is 5.85. The van der Waals surface area contributed by atoms with Crippen LogP contribution in [0.4, 0.5) is 0 Å². The molecule has 0 heterocycles. The van der Waals surface area contributed by atoms with Crippen LogP contribution in [-0.4, -0.2) is 23.7 Å². The minimum Gasteiger partial charge on any atom is -0.478 e. The Hall–Kier alpha value is -1.73. The van der Waals surface area contributed by atoms with Crippen molar-refractivity contribution < 1.29 is 24.0 Å². The van der Waals surface area contributed by atoms with Gasteiger partial charge in [-0.05, 0) is 29.4 Å². The van der Waals surface area contributed by atoms with Crippen LogP contribution in [0.1, 0.15) is 10.4 Å². The van der Waals surface area contributed by atoms with E-state index in [0.29, 0.717) is 5.75 Å². The van der Waals surface area contributed by atoms with Gasteiger partial charge < -0.3 is 9.84 Å². The van der Waals surface area contributed by atoms with Gasteiger partial charge in [-0.1, -0.05) is 4.33 Å². The average Bonchev–Trinajstić information content (AvgIpc) is 2.29. The van der Waals surface area contributed by atoms with E-state index in [1.807, 2.05) is 0 Å². The lowest BCUT2D eigenvalue weighted by Crippen LogP contribution is -1.96. The summed E-state index contributed by atoms with van der Waals surface area (Å²) in [6.45, 7) is 0. The summed E-state index contributed by atoms with van der Waals surface area (Å²) >= 11 is 0.996. The predicted molar refractivity (Wildman–Crippen MR) is 58.2 cm³/mol. The molecule has 0 aliphatic rings. The van der Waals surface area contributed by atoms with Gasteiger partial charge in [0.05, 0.1) is 5.56 Å². The number of hydrogen-bond acceptors (Lipinski definition) is 6. The van der Waals surface area contributed by atoms with Gasteiger partial charge in [-0.15, -0.1) is 0 Å². The van der Waals surface area contributed by atoms with Crippen LogP contribution in [0, 0.1) is 0 Å². The second kappa shape index (κ2) is 6.70. The molecule has 0 aliphatic carbocycles. The SMILES string of the molecule is CSOO/N=C/Oc1ccc(C(=O)O)cc1. The molecule has 0 unspecified atom stereocenters. The van der Waals surface area contributed by atoms with Crippen LogP contribution in [0.2, 0.25) is 0 Å². The van der Waals surface area contributed by atoms with Gasteiger partial charge >= 0.3 is 5.97 Å². The van der Waals surface area contributed by atoms with Crippen molar-refractivity contribution in [2.24, 2.45) is 5.16 Å². The molecule has 0 bridgehead atoms. The van der Waals surface area contributed by atoms with Gasteiger partial charge in [-0.2, -0.15) is 0 Å². The molecule has 1 N–H and O–H groups in total. The average molecular weight is 243 g/mol. The molecule has 0 radical (unpaired) electrons. The fourth-order valence-electron chi connectivity index (χ4n) is 0.824. The van der Waals surface area contributed by atoms with Crippen molar-refractivity contribution in [3.63, 3.8) is 0 Å². The molecule has 6 nitrogen and oxygen atoms in total. The third-order valence-corrected chi connectivity index (χ3v) is 1.67. The quantitative estimate of drug-likeness (QED) is 0.205. The van der Waals surface area contributed by atoms with E-state index in [9.17, 15) is 4.79 Å². The number of nitrogens with zero attached hydrogens (tertiary/aromatic N) is 1. The largest absolute Gasteiger partial charge is 0.478 e. The fourth-order valence-corrected chi connectivity index (χ4v) is 0.920. The Bertz CT molecular complexity index is 365. The van der Waals surface area contributed by atoms with Crippen LogP contribution >= 0.6 is 12.0 Å². The molecular formula is C9H9NO5S. The lowest BCUT2D eigenvalue weighted by atomic mass is 10.2. The first-order chi connectivity index (χ1) is 7.74. The Kier molecular flexibility index (Phi) is 5.17. The van der Waals surface area contributed by atoms with Crippen LogP contribution in [0.25, 0.3) is 0 Å². The van der Waals surface area contributed by atoms with E-state index >= 15 is 0 Å². The van der Waals surface area contributed by atoms with Gasteiger partial charge in [0, 0.05) is 18.3 Å². The summed E-state index contributed by atoms with van der Waals surface area (Å²) in [6.07, 6.45) is 2.70. The summed E-state index contributed by atoms with van der Waals surface area (Å²) in [4.78, 5) is 14.8. The highest BCUT2D eigenvalue weighted by atomic mass is 32.2. The summed E-state index contributed by atoms with van der Waals surface area (Å²) in [7, 11) is 0. The summed E-state index contributed by atoms with van der Waals surface area (Å²) in [5.41, 5.74) is 0.186. The minimum atomic E-state index is -0.989. The van der Waals surface area contributed by atoms with Crippen molar-refractivity contribution in [3.05, 3.63) is 29.8 Å². The van der Waals surface area contributed by atoms with Gasteiger partial charge in [0.15, 0.2) is 0 Å². The third kappa shape index (κ3) is 4.20. The molecule has 0 atom stereocenters. The van der Waals surface area contributed by atoms with E-state index in [2.05, 4.69) is 14.5 Å². The standard InChI is InChI=1S/C9H9NO5S/c1-16-15-14-10-6-13-8-4-2-7(3-5-8)9(11)12/h2-6H,1H3,(H,11,12)/b10-6+. The van der Waals surface area contributed by atoms with Crippen molar-refractivity contribution in [2.45, 2.75) is 0 Å². The Labute approximate surface area is 95.9 Å². The molecule has 16 heavy (non-hydrogen) atoms. The number of ether oxygens (including phenoxy) is 1. The molecule has 0 spiro atoms. The number of aromatic carboxylic acids is 1. The van der Waals surface area contributed by atoms with E-state index in [1.54, 1.807) is 6.26 Å². The van der Waals surface area contributed by atoms with Gasteiger partial charge in [-0.3, -0.25) is 0 Å². The van der Waals surface area contributed by atoms with E-state index in [0.717, 1.165) is 18.4 Å². The van der Waals surface area contributed by atoms with Gasteiger partial charge in [0.25, 0.3) is 0 Å². The van der Waals surface area contributed by atoms with Crippen LogP contribution in [0.5, 0.6) is 5.75 Å². The van der Waals surface area contributed by atoms with E-state index in [4.69, 9.17) is 9.84 Å². The van der Waals surface area contributed by atoms with E-state index in [-0.39, 0.29) is 5.56 Å². The highest BCUT2D eigenvalue weighted by Crippen LogP contribution is 2.11. The van der Waals surface area contributed by atoms with Crippen molar-refractivity contribution >= 4 is 24.4 Å². The van der Waals surface area contributed by atoms with Crippen LogP contribution in [0.3, 0.4) is 0 Å². The Morgan fingerprint density at radius 1 is 1.44 bits per heavy atom. The maximum atomic E-state index is 10.5. The zero-order valence-corrected chi connectivity index (χ0v) is 9.14. The molecule has 86 valence electrons. The second-order valence-corrected chi connectivity index (χ2v) is 2.94. The minimum absolute atomic E-state index is 0.186. The maximum absolute atomic E-state index is 10.5. The third-order valence-electron chi connectivity index (χ3n) is 1.47. The van der Waals surface area contributed by atoms with Crippen molar-refractivity contribution in [2.75, 3.05) is 6.26 Å².